The van der Waals surface area contributed by atoms with Crippen molar-refractivity contribution in [3.8, 4) is 17.2 Å². The first-order valence-corrected chi connectivity index (χ1v) is 11.3. The van der Waals surface area contributed by atoms with E-state index in [-0.39, 0.29) is 29.5 Å². The summed E-state index contributed by atoms with van der Waals surface area (Å²) in [6, 6.07) is 17.3. The predicted molar refractivity (Wildman–Crippen MR) is 136 cm³/mol. The molecule has 0 aliphatic rings. The van der Waals surface area contributed by atoms with Crippen molar-refractivity contribution in [2.45, 2.75) is 34.4 Å². The number of carbonyl (C=O) groups excluding carboxylic acids is 1. The molecule has 1 heterocycles. The van der Waals surface area contributed by atoms with Crippen molar-refractivity contribution < 1.29 is 19.2 Å². The van der Waals surface area contributed by atoms with Crippen molar-refractivity contribution in [1.82, 2.24) is 9.78 Å². The number of benzene rings is 3. The minimum absolute atomic E-state index is 0.127. The zero-order valence-electron chi connectivity index (χ0n) is 20.4. The van der Waals surface area contributed by atoms with Gasteiger partial charge in [-0.2, -0.15) is 5.10 Å². The van der Waals surface area contributed by atoms with Crippen LogP contribution in [-0.4, -0.2) is 20.6 Å². The highest BCUT2D eigenvalue weighted by molar-refractivity contribution is 6.03. The molecule has 0 radical (unpaired) electrons. The minimum Gasteiger partial charge on any atom is -0.471 e. The van der Waals surface area contributed by atoms with Gasteiger partial charge in [0.15, 0.2) is 12.4 Å². The van der Waals surface area contributed by atoms with Crippen LogP contribution >= 0.6 is 0 Å². The molecule has 9 nitrogen and oxygen atoms in total. The summed E-state index contributed by atoms with van der Waals surface area (Å²) in [4.78, 5) is 23.8. The predicted octanol–water partition coefficient (Wildman–Crippen LogP) is 6.11. The summed E-state index contributed by atoms with van der Waals surface area (Å²) in [6.45, 7) is 7.87. The Morgan fingerprint density at radius 3 is 2.31 bits per heavy atom. The van der Waals surface area contributed by atoms with Crippen LogP contribution in [0.15, 0.2) is 66.9 Å². The first-order valence-electron chi connectivity index (χ1n) is 11.3. The summed E-state index contributed by atoms with van der Waals surface area (Å²) >= 11 is 0. The van der Waals surface area contributed by atoms with E-state index < -0.39 is 10.8 Å². The average molecular weight is 487 g/mol. The van der Waals surface area contributed by atoms with E-state index in [0.29, 0.717) is 5.75 Å². The van der Waals surface area contributed by atoms with Crippen molar-refractivity contribution >= 4 is 17.3 Å². The Morgan fingerprint density at radius 1 is 0.944 bits per heavy atom. The molecule has 0 fully saturated rings. The summed E-state index contributed by atoms with van der Waals surface area (Å²) in [5.74, 6) is 1.04. The zero-order chi connectivity index (χ0) is 25.8. The molecule has 4 aromatic rings. The number of carbonyl (C=O) groups is 1. The zero-order valence-corrected chi connectivity index (χ0v) is 20.4. The lowest BCUT2D eigenvalue weighted by Crippen LogP contribution is -2.14. The van der Waals surface area contributed by atoms with Crippen molar-refractivity contribution in [3.05, 3.63) is 105 Å². The Hall–Kier alpha value is -4.66. The lowest BCUT2D eigenvalue weighted by molar-refractivity contribution is -0.384. The van der Waals surface area contributed by atoms with E-state index in [0.717, 1.165) is 28.0 Å². The highest BCUT2D eigenvalue weighted by atomic mass is 16.6. The van der Waals surface area contributed by atoms with Crippen LogP contribution < -0.4 is 14.8 Å². The van der Waals surface area contributed by atoms with Crippen LogP contribution in [0.1, 0.15) is 32.7 Å². The van der Waals surface area contributed by atoms with Crippen LogP contribution in [-0.2, 0) is 6.73 Å². The molecule has 0 spiro atoms. The number of nitro groups is 1. The molecule has 3 aromatic carbocycles. The number of aryl methyl sites for hydroxylation is 4. The lowest BCUT2D eigenvalue weighted by atomic mass is 10.1. The maximum absolute atomic E-state index is 12.8. The van der Waals surface area contributed by atoms with Crippen LogP contribution in [0, 0.1) is 37.8 Å². The molecular formula is C27H26N4O5. The number of hydrogen-bond donors (Lipinski definition) is 1. The van der Waals surface area contributed by atoms with Gasteiger partial charge in [-0.3, -0.25) is 14.9 Å². The number of hydrogen-bond acceptors (Lipinski definition) is 6. The molecule has 9 heteroatoms. The Morgan fingerprint density at radius 2 is 1.61 bits per heavy atom. The first kappa shape index (κ1) is 24.5. The molecule has 4 rings (SSSR count). The van der Waals surface area contributed by atoms with E-state index in [9.17, 15) is 14.9 Å². The number of nitrogens with zero attached hydrogens (tertiary/aromatic N) is 3. The SMILES string of the molecule is Cc1ccc(C)c(OCn2ccc(C(=O)Nc3cc(Oc4cc(C)ccc4C)cc([N+](=O)[O-])c3)n2)c1. The van der Waals surface area contributed by atoms with Crippen molar-refractivity contribution in [1.29, 1.82) is 0 Å². The monoisotopic (exact) mass is 486 g/mol. The second kappa shape index (κ2) is 10.3. The highest BCUT2D eigenvalue weighted by Gasteiger charge is 2.16. The normalized spacial score (nSPS) is 10.7. The second-order valence-electron chi connectivity index (χ2n) is 8.58. The molecule has 1 N–H and O–H groups in total. The Kier molecular flexibility index (Phi) is 7.00. The molecule has 0 saturated heterocycles. The number of non-ortho nitro benzene ring substituents is 1. The highest BCUT2D eigenvalue weighted by Crippen LogP contribution is 2.32. The van der Waals surface area contributed by atoms with Crippen LogP contribution in [0.2, 0.25) is 0 Å². The fourth-order valence-electron chi connectivity index (χ4n) is 3.51. The number of nitrogens with one attached hydrogen (secondary N) is 1. The molecule has 184 valence electrons. The third-order valence-corrected chi connectivity index (χ3v) is 5.50. The van der Waals surface area contributed by atoms with Crippen molar-refractivity contribution in [2.24, 2.45) is 0 Å². The van der Waals surface area contributed by atoms with Gasteiger partial charge < -0.3 is 14.8 Å². The van der Waals surface area contributed by atoms with Gasteiger partial charge in [0, 0.05) is 18.3 Å². The number of ether oxygens (including phenoxy) is 2. The lowest BCUT2D eigenvalue weighted by Gasteiger charge is -2.11. The van der Waals surface area contributed by atoms with Crippen LogP contribution in [0.4, 0.5) is 11.4 Å². The van der Waals surface area contributed by atoms with Crippen molar-refractivity contribution in [3.63, 3.8) is 0 Å². The van der Waals surface area contributed by atoms with E-state index in [1.165, 1.54) is 22.9 Å². The van der Waals surface area contributed by atoms with Gasteiger partial charge in [0.05, 0.1) is 16.7 Å². The summed E-state index contributed by atoms with van der Waals surface area (Å²) in [5.41, 5.74) is 4.10. The van der Waals surface area contributed by atoms with E-state index >= 15 is 0 Å². The van der Waals surface area contributed by atoms with Gasteiger partial charge in [-0.15, -0.1) is 0 Å². The molecule has 0 saturated carbocycles. The smallest absolute Gasteiger partial charge is 0.276 e. The first-order chi connectivity index (χ1) is 17.2. The molecule has 0 aliphatic carbocycles. The minimum atomic E-state index is -0.537. The number of aromatic nitrogens is 2. The van der Waals surface area contributed by atoms with E-state index in [2.05, 4.69) is 10.4 Å². The molecule has 1 aromatic heterocycles. The van der Waals surface area contributed by atoms with Crippen LogP contribution in [0.5, 0.6) is 17.2 Å². The fourth-order valence-corrected chi connectivity index (χ4v) is 3.51. The number of anilines is 1. The standard InChI is InChI=1S/C27H26N4O5/c1-17-5-7-19(3)25(11-17)35-16-30-10-9-24(29-30)27(32)28-21-13-22(31(33)34)15-23(14-21)36-26-12-18(2)6-8-20(26)4/h5-15H,16H2,1-4H3,(H,28,32). The Balaban J connectivity index is 1.49. The largest absolute Gasteiger partial charge is 0.471 e. The van der Waals surface area contributed by atoms with Crippen LogP contribution in [0.25, 0.3) is 0 Å². The maximum atomic E-state index is 12.8. The average Bonchev–Trinajstić information content (AvgIpc) is 3.31. The number of amides is 1. The third kappa shape index (κ3) is 5.87. The summed E-state index contributed by atoms with van der Waals surface area (Å²) < 4.78 is 13.2. The van der Waals surface area contributed by atoms with Gasteiger partial charge in [0.2, 0.25) is 0 Å². The molecule has 36 heavy (non-hydrogen) atoms. The van der Waals surface area contributed by atoms with Gasteiger partial charge in [-0.1, -0.05) is 24.3 Å². The Bertz CT molecular complexity index is 1440. The van der Waals surface area contributed by atoms with E-state index in [1.54, 1.807) is 12.3 Å². The fraction of sp³-hybridized carbons (Fsp3) is 0.185. The molecule has 0 atom stereocenters. The number of rotatable bonds is 8. The van der Waals surface area contributed by atoms with Gasteiger partial charge in [0.1, 0.15) is 17.2 Å². The second-order valence-corrected chi connectivity index (χ2v) is 8.58. The maximum Gasteiger partial charge on any atom is 0.276 e. The summed E-state index contributed by atoms with van der Waals surface area (Å²) in [7, 11) is 0. The molecular weight excluding hydrogens is 460 g/mol. The molecule has 0 bridgehead atoms. The van der Waals surface area contributed by atoms with Gasteiger partial charge >= 0.3 is 0 Å². The van der Waals surface area contributed by atoms with E-state index in [1.807, 2.05) is 64.1 Å². The molecule has 0 unspecified atom stereocenters. The Labute approximate surface area is 208 Å². The van der Waals surface area contributed by atoms with Gasteiger partial charge in [-0.25, -0.2) is 4.68 Å². The van der Waals surface area contributed by atoms with Gasteiger partial charge in [-0.05, 0) is 68.1 Å². The third-order valence-electron chi connectivity index (χ3n) is 5.50. The van der Waals surface area contributed by atoms with Crippen LogP contribution in [0.3, 0.4) is 0 Å². The number of nitro benzene ring substituents is 1. The molecule has 0 aliphatic heterocycles. The summed E-state index contributed by atoms with van der Waals surface area (Å²) in [6.07, 6.45) is 1.63. The topological polar surface area (TPSA) is 109 Å². The van der Waals surface area contributed by atoms with Crippen molar-refractivity contribution in [2.75, 3.05) is 5.32 Å². The van der Waals surface area contributed by atoms with Gasteiger partial charge in [0.25, 0.3) is 11.6 Å². The quantitative estimate of drug-likeness (QED) is 0.238. The summed E-state index contributed by atoms with van der Waals surface area (Å²) in [5, 5.41) is 18.4. The molecule has 1 amide bonds. The van der Waals surface area contributed by atoms with E-state index in [4.69, 9.17) is 9.47 Å².